The third kappa shape index (κ3) is 19.1. The normalized spacial score (nSPS) is 20.8. The second-order valence-corrected chi connectivity index (χ2v) is 4.87. The van der Waals surface area contributed by atoms with Crippen molar-refractivity contribution in [3.63, 3.8) is 0 Å². The molecule has 130 valence electrons. The van der Waals surface area contributed by atoms with Gasteiger partial charge in [0.05, 0.1) is 26.4 Å². The van der Waals surface area contributed by atoms with Crippen molar-refractivity contribution < 1.29 is 34.0 Å². The van der Waals surface area contributed by atoms with Crippen LogP contribution in [-0.2, 0) is 23.8 Å². The van der Waals surface area contributed by atoms with Crippen LogP contribution in [0.5, 0.6) is 0 Å². The van der Waals surface area contributed by atoms with Crippen LogP contribution in [0.3, 0.4) is 0 Å². The molecule has 2 rings (SSSR count). The lowest BCUT2D eigenvalue weighted by Gasteiger charge is -1.95. The van der Waals surface area contributed by atoms with Gasteiger partial charge < -0.3 is 34.0 Å². The van der Waals surface area contributed by atoms with Gasteiger partial charge in [-0.25, -0.2) is 0 Å². The van der Waals surface area contributed by atoms with Gasteiger partial charge in [0, 0.05) is 26.1 Å². The highest BCUT2D eigenvalue weighted by Crippen LogP contribution is 2.12. The maximum Gasteiger partial charge on any atom is 0.120 e. The summed E-state index contributed by atoms with van der Waals surface area (Å²) in [5, 5.41) is 16.2. The summed E-state index contributed by atoms with van der Waals surface area (Å²) < 4.78 is 15.1. The predicted octanol–water partition coefficient (Wildman–Crippen LogP) is 0.106. The van der Waals surface area contributed by atoms with Crippen molar-refractivity contribution in [1.82, 2.24) is 0 Å². The highest BCUT2D eigenvalue weighted by atomic mass is 16.6. The van der Waals surface area contributed by atoms with Crippen LogP contribution in [0.25, 0.3) is 0 Å². The van der Waals surface area contributed by atoms with Crippen molar-refractivity contribution in [2.45, 2.75) is 44.3 Å². The van der Waals surface area contributed by atoms with Gasteiger partial charge in [0.15, 0.2) is 0 Å². The Labute approximate surface area is 131 Å². The molecule has 2 N–H and O–H groups in total. The van der Waals surface area contributed by atoms with Gasteiger partial charge in [0.2, 0.25) is 0 Å². The van der Waals surface area contributed by atoms with Crippen LogP contribution in [-0.4, -0.2) is 74.6 Å². The van der Waals surface area contributed by atoms with E-state index in [2.05, 4.69) is 0 Å². The molecule has 0 aromatic rings. The van der Waals surface area contributed by atoms with E-state index in [0.29, 0.717) is 31.5 Å². The Bertz CT molecular complexity index is 228. The molecule has 2 unspecified atom stereocenters. The van der Waals surface area contributed by atoms with Crippen molar-refractivity contribution in [2.24, 2.45) is 0 Å². The number of carbonyl (C=O) groups is 2. The SMILES string of the molecule is C(OCC1CO1)C1CO1.O=CCCCC=O.OCCCCO. The van der Waals surface area contributed by atoms with Gasteiger partial charge in [-0.05, 0) is 19.3 Å². The number of aliphatic hydroxyl groups is 2. The molecule has 2 atom stereocenters. The van der Waals surface area contributed by atoms with E-state index in [-0.39, 0.29) is 13.2 Å². The molecular weight excluding hydrogens is 292 g/mol. The van der Waals surface area contributed by atoms with E-state index in [1.807, 2.05) is 0 Å². The summed E-state index contributed by atoms with van der Waals surface area (Å²) in [6.07, 6.45) is 5.59. The molecule has 0 aliphatic carbocycles. The quantitative estimate of drug-likeness (QED) is 0.316. The Hall–Kier alpha value is -0.860. The largest absolute Gasteiger partial charge is 0.396 e. The number of ether oxygens (including phenoxy) is 3. The fraction of sp³-hybridized carbons (Fsp3) is 0.867. The van der Waals surface area contributed by atoms with E-state index in [9.17, 15) is 9.59 Å². The van der Waals surface area contributed by atoms with Gasteiger partial charge >= 0.3 is 0 Å². The fourth-order valence-electron chi connectivity index (χ4n) is 1.17. The number of epoxide rings is 2. The monoisotopic (exact) mass is 320 g/mol. The Morgan fingerprint density at radius 1 is 0.864 bits per heavy atom. The third-order valence-corrected chi connectivity index (χ3v) is 2.62. The van der Waals surface area contributed by atoms with Crippen LogP contribution in [0, 0.1) is 0 Å². The summed E-state index contributed by atoms with van der Waals surface area (Å²) in [7, 11) is 0. The summed E-state index contributed by atoms with van der Waals surface area (Å²) in [5.41, 5.74) is 0. The summed E-state index contributed by atoms with van der Waals surface area (Å²) in [4.78, 5) is 19.1. The van der Waals surface area contributed by atoms with Crippen LogP contribution < -0.4 is 0 Å². The summed E-state index contributed by atoms with van der Waals surface area (Å²) in [6, 6.07) is 0. The lowest BCUT2D eigenvalue weighted by Crippen LogP contribution is -2.06. The molecule has 2 aliphatic rings. The highest BCUT2D eigenvalue weighted by Gasteiger charge is 2.26. The highest BCUT2D eigenvalue weighted by molar-refractivity contribution is 5.52. The van der Waals surface area contributed by atoms with Gasteiger partial charge in [0.25, 0.3) is 0 Å². The van der Waals surface area contributed by atoms with Gasteiger partial charge in [-0.1, -0.05) is 0 Å². The Morgan fingerprint density at radius 3 is 1.55 bits per heavy atom. The molecule has 2 saturated heterocycles. The molecule has 0 saturated carbocycles. The molecule has 0 aromatic heterocycles. The second kappa shape index (κ2) is 16.5. The first kappa shape index (κ1) is 21.1. The minimum atomic E-state index is 0.195. The van der Waals surface area contributed by atoms with Crippen molar-refractivity contribution in [2.75, 3.05) is 39.6 Å². The van der Waals surface area contributed by atoms with Crippen LogP contribution in [0.1, 0.15) is 32.1 Å². The van der Waals surface area contributed by atoms with Crippen LogP contribution >= 0.6 is 0 Å². The Balaban J connectivity index is 0.000000311. The zero-order valence-electron chi connectivity index (χ0n) is 13.0. The molecule has 0 aromatic carbocycles. The number of hydrogen-bond donors (Lipinski definition) is 2. The first-order valence-electron chi connectivity index (χ1n) is 7.68. The smallest absolute Gasteiger partial charge is 0.120 e. The average Bonchev–Trinajstić information content (AvgIpc) is 3.42. The molecule has 0 bridgehead atoms. The van der Waals surface area contributed by atoms with Crippen LogP contribution in [0.2, 0.25) is 0 Å². The molecule has 0 amide bonds. The Morgan fingerprint density at radius 2 is 1.27 bits per heavy atom. The standard InChI is InChI=1S/C6H10O3.C5H8O2.C4H10O2/c1(5-3-8-5)7-2-6-4-9-6;6-4-2-1-3-5-7;5-3-1-2-4-6/h5-6H,1-4H2;4-5H,1-3H2;5-6H,1-4H2. The number of aliphatic hydroxyl groups excluding tert-OH is 2. The van der Waals surface area contributed by atoms with Gasteiger partial charge in [-0.2, -0.15) is 0 Å². The predicted molar refractivity (Wildman–Crippen MR) is 79.7 cm³/mol. The summed E-state index contributed by atoms with van der Waals surface area (Å²) in [6.45, 7) is 3.65. The van der Waals surface area contributed by atoms with Crippen LogP contribution in [0.4, 0.5) is 0 Å². The molecule has 0 radical (unpaired) electrons. The van der Waals surface area contributed by atoms with E-state index in [1.165, 1.54) is 0 Å². The molecule has 2 fully saturated rings. The minimum Gasteiger partial charge on any atom is -0.396 e. The number of aldehydes is 2. The summed E-state index contributed by atoms with van der Waals surface area (Å²) >= 11 is 0. The molecule has 22 heavy (non-hydrogen) atoms. The summed E-state index contributed by atoms with van der Waals surface area (Å²) in [5.74, 6) is 0. The maximum absolute atomic E-state index is 9.56. The second-order valence-electron chi connectivity index (χ2n) is 4.87. The number of hydrogen-bond acceptors (Lipinski definition) is 7. The van der Waals surface area contributed by atoms with Crippen LogP contribution in [0.15, 0.2) is 0 Å². The van der Waals surface area contributed by atoms with E-state index in [1.54, 1.807) is 0 Å². The van der Waals surface area contributed by atoms with E-state index in [4.69, 9.17) is 24.4 Å². The molecule has 2 heterocycles. The average molecular weight is 320 g/mol. The topological polar surface area (TPSA) is 109 Å². The molecule has 0 spiro atoms. The van der Waals surface area contributed by atoms with Crippen molar-refractivity contribution in [3.8, 4) is 0 Å². The van der Waals surface area contributed by atoms with Crippen molar-refractivity contribution in [1.29, 1.82) is 0 Å². The lowest BCUT2D eigenvalue weighted by atomic mass is 10.3. The molecule has 2 aliphatic heterocycles. The fourth-order valence-corrected chi connectivity index (χ4v) is 1.17. The molecule has 7 nitrogen and oxygen atoms in total. The maximum atomic E-state index is 9.56. The van der Waals surface area contributed by atoms with Gasteiger partial charge in [0.1, 0.15) is 24.8 Å². The zero-order chi connectivity index (χ0) is 16.5. The van der Waals surface area contributed by atoms with E-state index >= 15 is 0 Å². The number of unbranched alkanes of at least 4 members (excludes halogenated alkanes) is 3. The number of rotatable bonds is 11. The van der Waals surface area contributed by atoms with Gasteiger partial charge in [-0.3, -0.25) is 0 Å². The third-order valence-electron chi connectivity index (χ3n) is 2.62. The molecular formula is C15H28O7. The Kier molecular flexibility index (Phi) is 15.9. The first-order valence-corrected chi connectivity index (χ1v) is 7.68. The lowest BCUT2D eigenvalue weighted by molar-refractivity contribution is -0.108. The minimum absolute atomic E-state index is 0.195. The zero-order valence-corrected chi connectivity index (χ0v) is 13.0. The van der Waals surface area contributed by atoms with Gasteiger partial charge in [-0.15, -0.1) is 0 Å². The van der Waals surface area contributed by atoms with E-state index < -0.39 is 0 Å². The van der Waals surface area contributed by atoms with Crippen molar-refractivity contribution >= 4 is 12.6 Å². The van der Waals surface area contributed by atoms with Crippen molar-refractivity contribution in [3.05, 3.63) is 0 Å². The molecule has 7 heteroatoms. The first-order chi connectivity index (χ1) is 10.8. The van der Waals surface area contributed by atoms with E-state index in [0.717, 1.165) is 51.8 Å². The number of carbonyl (C=O) groups excluding carboxylic acids is 2.